The zero-order valence-electron chi connectivity index (χ0n) is 12.2. The number of rotatable bonds is 4. The van der Waals surface area contributed by atoms with E-state index in [0.717, 1.165) is 0 Å². The summed E-state index contributed by atoms with van der Waals surface area (Å²) in [5.74, 6) is -1.17. The predicted octanol–water partition coefficient (Wildman–Crippen LogP) is 4.41. The van der Waals surface area contributed by atoms with Crippen LogP contribution in [0, 0.1) is 0 Å². The third-order valence-electron chi connectivity index (χ3n) is 2.89. The standard InChI is InChI=1S/C14H17Cl2FO3S/c1-5-8-9(12(18)19)6-7-10(14(15,16)17)11(8)21(20)13(2,3)4/h6-7H,5H2,1-4H3,(H,18,19)/t21-/m0/s1. The van der Waals surface area contributed by atoms with Gasteiger partial charge in [-0.25, -0.2) is 9.18 Å². The van der Waals surface area contributed by atoms with Crippen LogP contribution in [0.15, 0.2) is 17.0 Å². The molecule has 0 radical (unpaired) electrons. The van der Waals surface area contributed by atoms with Gasteiger partial charge in [0.2, 0.25) is 0 Å². The molecule has 0 aromatic heterocycles. The molecule has 3 nitrogen and oxygen atoms in total. The molecule has 1 rings (SSSR count). The number of carboxylic acid groups (broad SMARTS) is 1. The molecule has 1 aromatic rings. The number of halogens is 3. The van der Waals surface area contributed by atoms with Gasteiger partial charge in [0.25, 0.3) is 4.59 Å². The van der Waals surface area contributed by atoms with Gasteiger partial charge < -0.3 is 5.11 Å². The Kier molecular flexibility index (Phi) is 5.45. The maximum atomic E-state index is 14.0. The third kappa shape index (κ3) is 3.96. The number of carboxylic acids is 1. The summed E-state index contributed by atoms with van der Waals surface area (Å²) in [6.45, 7) is 6.84. The van der Waals surface area contributed by atoms with Crippen molar-refractivity contribution in [3.05, 3.63) is 28.8 Å². The van der Waals surface area contributed by atoms with Crippen LogP contribution in [0.25, 0.3) is 0 Å². The monoisotopic (exact) mass is 354 g/mol. The molecule has 0 aliphatic carbocycles. The summed E-state index contributed by atoms with van der Waals surface area (Å²) in [5.41, 5.74) is 0.101. The molecule has 0 saturated carbocycles. The second-order valence-corrected chi connectivity index (χ2v) is 8.91. The zero-order chi connectivity index (χ0) is 16.6. The molecule has 1 N–H and O–H groups in total. The van der Waals surface area contributed by atoms with Crippen LogP contribution in [0.4, 0.5) is 4.39 Å². The molecule has 0 heterocycles. The van der Waals surface area contributed by atoms with E-state index < -0.39 is 26.1 Å². The van der Waals surface area contributed by atoms with Gasteiger partial charge in [-0.15, -0.1) is 0 Å². The van der Waals surface area contributed by atoms with E-state index in [0.29, 0.717) is 0 Å². The SMILES string of the molecule is CCc1c(C(=O)O)ccc(C(F)(Cl)Cl)c1[S@](=O)C(C)(C)C. The highest BCUT2D eigenvalue weighted by Gasteiger charge is 2.36. The van der Waals surface area contributed by atoms with Gasteiger partial charge in [0, 0.05) is 10.3 Å². The van der Waals surface area contributed by atoms with E-state index in [1.165, 1.54) is 12.1 Å². The van der Waals surface area contributed by atoms with Gasteiger partial charge in [-0.1, -0.05) is 36.2 Å². The number of hydrogen-bond donors (Lipinski definition) is 1. The van der Waals surface area contributed by atoms with Crippen molar-refractivity contribution in [3.63, 3.8) is 0 Å². The minimum Gasteiger partial charge on any atom is -0.478 e. The molecule has 0 unspecified atom stereocenters. The Bertz CT molecular complexity index is 589. The van der Waals surface area contributed by atoms with Gasteiger partial charge >= 0.3 is 5.97 Å². The first kappa shape index (κ1) is 18.4. The number of alkyl halides is 3. The van der Waals surface area contributed by atoms with Crippen LogP contribution < -0.4 is 0 Å². The van der Waals surface area contributed by atoms with Crippen LogP contribution in [0.1, 0.15) is 49.2 Å². The van der Waals surface area contributed by atoms with Crippen LogP contribution >= 0.6 is 23.2 Å². The molecule has 0 aliphatic rings. The molecular weight excluding hydrogens is 338 g/mol. The fraction of sp³-hybridized carbons (Fsp3) is 0.500. The summed E-state index contributed by atoms with van der Waals surface area (Å²) in [5, 5.41) is 9.24. The van der Waals surface area contributed by atoms with Crippen LogP contribution in [-0.2, 0) is 21.8 Å². The Morgan fingerprint density at radius 2 is 1.86 bits per heavy atom. The molecule has 0 spiro atoms. The lowest BCUT2D eigenvalue weighted by molar-refractivity contribution is 0.0695. The Labute approximate surface area is 135 Å². The highest BCUT2D eigenvalue weighted by Crippen LogP contribution is 2.42. The van der Waals surface area contributed by atoms with Crippen molar-refractivity contribution in [2.45, 2.75) is 48.3 Å². The van der Waals surface area contributed by atoms with E-state index in [1.54, 1.807) is 27.7 Å². The van der Waals surface area contributed by atoms with E-state index in [-0.39, 0.29) is 28.0 Å². The van der Waals surface area contributed by atoms with Gasteiger partial charge in [0.1, 0.15) is 0 Å². The van der Waals surface area contributed by atoms with Crippen molar-refractivity contribution in [2.24, 2.45) is 0 Å². The Morgan fingerprint density at radius 1 is 1.33 bits per heavy atom. The first-order valence-corrected chi connectivity index (χ1v) is 8.20. The smallest absolute Gasteiger partial charge is 0.336 e. The van der Waals surface area contributed by atoms with Crippen molar-refractivity contribution >= 4 is 40.0 Å². The molecule has 7 heteroatoms. The fourth-order valence-corrected chi connectivity index (χ4v) is 3.85. The van der Waals surface area contributed by atoms with E-state index in [2.05, 4.69) is 0 Å². The van der Waals surface area contributed by atoms with Gasteiger partial charge in [-0.2, -0.15) is 0 Å². The minimum atomic E-state index is -2.74. The lowest BCUT2D eigenvalue weighted by Crippen LogP contribution is -2.26. The maximum absolute atomic E-state index is 14.0. The minimum absolute atomic E-state index is 0.0218. The summed E-state index contributed by atoms with van der Waals surface area (Å²) >= 11 is 11.1. The summed E-state index contributed by atoms with van der Waals surface area (Å²) in [7, 11) is -1.67. The van der Waals surface area contributed by atoms with Gasteiger partial charge in [-0.05, 0) is 38.8 Å². The molecule has 0 bridgehead atoms. The Balaban J connectivity index is 3.80. The first-order chi connectivity index (χ1) is 9.41. The van der Waals surface area contributed by atoms with Crippen LogP contribution in [-0.4, -0.2) is 20.0 Å². The average molecular weight is 355 g/mol. The molecule has 0 amide bonds. The van der Waals surface area contributed by atoms with Gasteiger partial charge in [0.05, 0.1) is 21.3 Å². The molecular formula is C14H17Cl2FO3S. The van der Waals surface area contributed by atoms with Crippen LogP contribution in [0.5, 0.6) is 0 Å². The third-order valence-corrected chi connectivity index (χ3v) is 5.25. The molecule has 0 fully saturated rings. The topological polar surface area (TPSA) is 54.4 Å². The summed E-state index contributed by atoms with van der Waals surface area (Å²) in [6, 6.07) is 2.42. The molecule has 21 heavy (non-hydrogen) atoms. The quantitative estimate of drug-likeness (QED) is 0.814. The second kappa shape index (κ2) is 6.23. The predicted molar refractivity (Wildman–Crippen MR) is 83.4 cm³/mol. The summed E-state index contributed by atoms with van der Waals surface area (Å²) in [4.78, 5) is 11.4. The first-order valence-electron chi connectivity index (χ1n) is 6.29. The van der Waals surface area contributed by atoms with Gasteiger partial charge in [-0.3, -0.25) is 4.21 Å². The number of benzene rings is 1. The number of hydrogen-bond acceptors (Lipinski definition) is 2. The van der Waals surface area contributed by atoms with E-state index in [1.807, 2.05) is 0 Å². The lowest BCUT2D eigenvalue weighted by Gasteiger charge is -2.25. The van der Waals surface area contributed by atoms with Gasteiger partial charge in [0.15, 0.2) is 0 Å². The fourth-order valence-electron chi connectivity index (χ4n) is 1.92. The van der Waals surface area contributed by atoms with Crippen molar-refractivity contribution < 1.29 is 18.5 Å². The second-order valence-electron chi connectivity index (χ2n) is 5.51. The van der Waals surface area contributed by atoms with Crippen molar-refractivity contribution in [2.75, 3.05) is 0 Å². The number of carbonyl (C=O) groups is 1. The lowest BCUT2D eigenvalue weighted by atomic mass is 10.0. The van der Waals surface area contributed by atoms with E-state index in [9.17, 15) is 18.5 Å². The Hall–Kier alpha value is -0.650. The Morgan fingerprint density at radius 3 is 2.19 bits per heavy atom. The average Bonchev–Trinajstić information content (AvgIpc) is 2.33. The molecule has 0 aliphatic heterocycles. The number of aromatic carboxylic acids is 1. The highest BCUT2D eigenvalue weighted by molar-refractivity contribution is 7.86. The highest BCUT2D eigenvalue weighted by atomic mass is 35.5. The van der Waals surface area contributed by atoms with Crippen LogP contribution in [0.3, 0.4) is 0 Å². The van der Waals surface area contributed by atoms with Crippen LogP contribution in [0.2, 0.25) is 0 Å². The van der Waals surface area contributed by atoms with Crippen molar-refractivity contribution in [1.29, 1.82) is 0 Å². The van der Waals surface area contributed by atoms with Crippen molar-refractivity contribution in [3.8, 4) is 0 Å². The molecule has 118 valence electrons. The van der Waals surface area contributed by atoms with Crippen molar-refractivity contribution in [1.82, 2.24) is 0 Å². The molecule has 1 aromatic carbocycles. The molecule has 1 atom stereocenters. The summed E-state index contributed by atoms with van der Waals surface area (Å²) < 4.78 is 23.3. The zero-order valence-corrected chi connectivity index (χ0v) is 14.5. The normalized spacial score (nSPS) is 14.0. The largest absolute Gasteiger partial charge is 0.478 e. The van der Waals surface area contributed by atoms with E-state index in [4.69, 9.17) is 23.2 Å². The maximum Gasteiger partial charge on any atom is 0.336 e. The summed E-state index contributed by atoms with van der Waals surface area (Å²) in [6.07, 6.45) is 0.274. The van der Waals surface area contributed by atoms with E-state index >= 15 is 0 Å². The molecule has 0 saturated heterocycles.